The molecule has 1 nitrogen and oxygen atoms in total. The van der Waals surface area contributed by atoms with Crippen molar-refractivity contribution in [2.75, 3.05) is 6.54 Å². The Morgan fingerprint density at radius 3 is 2.62 bits per heavy atom. The molecular formula is C18H21ClFN. The van der Waals surface area contributed by atoms with Crippen LogP contribution in [0, 0.1) is 12.7 Å². The molecule has 0 aliphatic heterocycles. The van der Waals surface area contributed by atoms with E-state index in [2.05, 4.69) is 37.4 Å². The van der Waals surface area contributed by atoms with E-state index in [1.165, 1.54) is 17.2 Å². The fourth-order valence-corrected chi connectivity index (χ4v) is 2.69. The second-order valence-electron chi connectivity index (χ2n) is 5.32. The van der Waals surface area contributed by atoms with Gasteiger partial charge in [0.15, 0.2) is 0 Å². The first-order valence-corrected chi connectivity index (χ1v) is 7.72. The minimum absolute atomic E-state index is 0.187. The third-order valence-corrected chi connectivity index (χ3v) is 3.92. The maximum atomic E-state index is 13.3. The zero-order valence-electron chi connectivity index (χ0n) is 12.5. The Bertz CT molecular complexity index is 598. The molecule has 2 aromatic carbocycles. The van der Waals surface area contributed by atoms with Crippen LogP contribution >= 0.6 is 11.6 Å². The molecule has 2 rings (SSSR count). The minimum Gasteiger partial charge on any atom is -0.310 e. The molecule has 0 amide bonds. The fourth-order valence-electron chi connectivity index (χ4n) is 2.49. The van der Waals surface area contributed by atoms with E-state index in [9.17, 15) is 4.39 Å². The largest absolute Gasteiger partial charge is 0.310 e. The van der Waals surface area contributed by atoms with Crippen molar-refractivity contribution in [1.29, 1.82) is 0 Å². The van der Waals surface area contributed by atoms with Gasteiger partial charge in [0.05, 0.1) is 5.02 Å². The van der Waals surface area contributed by atoms with Crippen molar-refractivity contribution in [3.63, 3.8) is 0 Å². The first-order chi connectivity index (χ1) is 10.1. The Hall–Kier alpha value is -1.38. The van der Waals surface area contributed by atoms with Crippen molar-refractivity contribution in [2.24, 2.45) is 0 Å². The normalized spacial score (nSPS) is 12.4. The lowest BCUT2D eigenvalue weighted by Crippen LogP contribution is -2.24. The number of rotatable bonds is 6. The van der Waals surface area contributed by atoms with Gasteiger partial charge < -0.3 is 5.32 Å². The third kappa shape index (κ3) is 4.29. The zero-order valence-corrected chi connectivity index (χ0v) is 13.3. The van der Waals surface area contributed by atoms with Crippen molar-refractivity contribution in [3.05, 3.63) is 70.0 Å². The van der Waals surface area contributed by atoms with Gasteiger partial charge in [-0.05, 0) is 55.1 Å². The Labute approximate surface area is 131 Å². The Balaban J connectivity index is 2.24. The molecule has 0 saturated heterocycles. The second-order valence-corrected chi connectivity index (χ2v) is 5.72. The molecule has 0 heterocycles. The Morgan fingerprint density at radius 2 is 1.95 bits per heavy atom. The third-order valence-electron chi connectivity index (χ3n) is 3.63. The van der Waals surface area contributed by atoms with Gasteiger partial charge in [0, 0.05) is 6.04 Å². The van der Waals surface area contributed by atoms with Crippen molar-refractivity contribution in [2.45, 2.75) is 32.7 Å². The highest BCUT2D eigenvalue weighted by Gasteiger charge is 2.14. The quantitative estimate of drug-likeness (QED) is 0.785. The lowest BCUT2D eigenvalue weighted by Gasteiger charge is -2.21. The number of nitrogens with one attached hydrogen (secondary N) is 1. The summed E-state index contributed by atoms with van der Waals surface area (Å²) >= 11 is 5.88. The highest BCUT2D eigenvalue weighted by Crippen LogP contribution is 2.24. The van der Waals surface area contributed by atoms with Gasteiger partial charge >= 0.3 is 0 Å². The summed E-state index contributed by atoms with van der Waals surface area (Å²) in [6, 6.07) is 13.5. The first-order valence-electron chi connectivity index (χ1n) is 7.34. The molecule has 0 bridgehead atoms. The van der Waals surface area contributed by atoms with Crippen LogP contribution in [-0.2, 0) is 6.42 Å². The molecule has 0 radical (unpaired) electrons. The van der Waals surface area contributed by atoms with Gasteiger partial charge in [-0.1, -0.05) is 48.9 Å². The number of hydrogen-bond acceptors (Lipinski definition) is 1. The molecule has 1 atom stereocenters. The predicted molar refractivity (Wildman–Crippen MR) is 87.3 cm³/mol. The number of hydrogen-bond donors (Lipinski definition) is 1. The summed E-state index contributed by atoms with van der Waals surface area (Å²) in [6.07, 6.45) is 1.87. The Morgan fingerprint density at radius 1 is 1.19 bits per heavy atom. The van der Waals surface area contributed by atoms with Crippen LogP contribution in [0.25, 0.3) is 0 Å². The summed E-state index contributed by atoms with van der Waals surface area (Å²) in [6.45, 7) is 5.22. The van der Waals surface area contributed by atoms with Crippen LogP contribution in [0.15, 0.2) is 42.5 Å². The summed E-state index contributed by atoms with van der Waals surface area (Å²) < 4.78 is 13.3. The summed E-state index contributed by atoms with van der Waals surface area (Å²) in [5.74, 6) is -0.366. The molecule has 21 heavy (non-hydrogen) atoms. The molecule has 1 unspecified atom stereocenters. The Kier molecular flexibility index (Phi) is 5.77. The van der Waals surface area contributed by atoms with Crippen molar-refractivity contribution >= 4 is 11.6 Å². The number of aryl methyl sites for hydroxylation is 1. The molecule has 0 aliphatic carbocycles. The van der Waals surface area contributed by atoms with Gasteiger partial charge in [-0.15, -0.1) is 0 Å². The summed E-state index contributed by atoms with van der Waals surface area (Å²) in [7, 11) is 0. The topological polar surface area (TPSA) is 12.0 Å². The van der Waals surface area contributed by atoms with Gasteiger partial charge in [0.25, 0.3) is 0 Å². The van der Waals surface area contributed by atoms with Gasteiger partial charge in [-0.25, -0.2) is 4.39 Å². The van der Waals surface area contributed by atoms with Crippen LogP contribution in [0.3, 0.4) is 0 Å². The molecule has 0 aromatic heterocycles. The van der Waals surface area contributed by atoms with E-state index in [0.717, 1.165) is 24.9 Å². The molecule has 112 valence electrons. The number of halogens is 2. The highest BCUT2D eigenvalue weighted by atomic mass is 35.5. The summed E-state index contributed by atoms with van der Waals surface area (Å²) in [4.78, 5) is 0. The molecule has 1 N–H and O–H groups in total. The van der Waals surface area contributed by atoms with E-state index in [4.69, 9.17) is 11.6 Å². The van der Waals surface area contributed by atoms with Crippen molar-refractivity contribution in [1.82, 2.24) is 5.32 Å². The summed E-state index contributed by atoms with van der Waals surface area (Å²) in [5, 5.41) is 3.76. The molecule has 0 aliphatic rings. The van der Waals surface area contributed by atoms with Crippen LogP contribution in [0.4, 0.5) is 4.39 Å². The van der Waals surface area contributed by atoms with Gasteiger partial charge in [0.2, 0.25) is 0 Å². The van der Waals surface area contributed by atoms with E-state index < -0.39 is 0 Å². The van der Waals surface area contributed by atoms with Crippen molar-refractivity contribution in [3.8, 4) is 0 Å². The van der Waals surface area contributed by atoms with E-state index in [1.54, 1.807) is 12.1 Å². The minimum atomic E-state index is -0.366. The molecular weight excluding hydrogens is 285 g/mol. The predicted octanol–water partition coefficient (Wildman–Crippen LogP) is 5.07. The van der Waals surface area contributed by atoms with E-state index >= 15 is 0 Å². The average molecular weight is 306 g/mol. The molecule has 0 spiro atoms. The van der Waals surface area contributed by atoms with E-state index in [1.807, 2.05) is 6.07 Å². The fraction of sp³-hybridized carbons (Fsp3) is 0.333. The monoisotopic (exact) mass is 305 g/mol. The molecule has 2 aromatic rings. The second kappa shape index (κ2) is 7.58. The SMILES string of the molecule is CCCNC(Cc1ccc(F)c(Cl)c1)c1ccccc1C. The lowest BCUT2D eigenvalue weighted by atomic mass is 9.95. The summed E-state index contributed by atoms with van der Waals surface area (Å²) in [5.41, 5.74) is 3.59. The average Bonchev–Trinajstić information content (AvgIpc) is 2.48. The smallest absolute Gasteiger partial charge is 0.141 e. The van der Waals surface area contributed by atoms with Crippen LogP contribution in [0.5, 0.6) is 0 Å². The lowest BCUT2D eigenvalue weighted by molar-refractivity contribution is 0.526. The van der Waals surface area contributed by atoms with Gasteiger partial charge in [-0.2, -0.15) is 0 Å². The maximum Gasteiger partial charge on any atom is 0.141 e. The molecule has 3 heteroatoms. The van der Waals surface area contributed by atoms with Crippen LogP contribution in [0.2, 0.25) is 5.02 Å². The van der Waals surface area contributed by atoms with E-state index in [-0.39, 0.29) is 16.9 Å². The molecule has 0 fully saturated rings. The highest BCUT2D eigenvalue weighted by molar-refractivity contribution is 6.30. The van der Waals surface area contributed by atoms with Crippen molar-refractivity contribution < 1.29 is 4.39 Å². The standard InChI is InChI=1S/C18H21ClFN/c1-3-10-21-18(15-7-5-4-6-13(15)2)12-14-8-9-17(20)16(19)11-14/h4-9,11,18,21H,3,10,12H2,1-2H3. The maximum absolute atomic E-state index is 13.3. The number of benzene rings is 2. The first kappa shape index (κ1) is 16.0. The van der Waals surface area contributed by atoms with Gasteiger partial charge in [-0.3, -0.25) is 0 Å². The van der Waals surface area contributed by atoms with Crippen LogP contribution in [0.1, 0.15) is 36.1 Å². The van der Waals surface area contributed by atoms with E-state index in [0.29, 0.717) is 0 Å². The van der Waals surface area contributed by atoms with Crippen LogP contribution in [-0.4, -0.2) is 6.54 Å². The molecule has 0 saturated carbocycles. The van der Waals surface area contributed by atoms with Crippen LogP contribution < -0.4 is 5.32 Å². The zero-order chi connectivity index (χ0) is 15.2. The van der Waals surface area contributed by atoms with Gasteiger partial charge in [0.1, 0.15) is 5.82 Å².